The molecule has 0 aliphatic carbocycles. The molecule has 3 N–H and O–H groups in total. The topological polar surface area (TPSA) is 64.4 Å². The van der Waals surface area contributed by atoms with Gasteiger partial charge in [-0.05, 0) is 24.6 Å². The van der Waals surface area contributed by atoms with E-state index in [9.17, 15) is 4.79 Å². The van der Waals surface area contributed by atoms with Crippen LogP contribution in [-0.2, 0) is 11.3 Å². The van der Waals surface area contributed by atoms with Gasteiger partial charge in [0.05, 0.1) is 17.4 Å². The summed E-state index contributed by atoms with van der Waals surface area (Å²) in [6.45, 7) is 2.62. The Balaban J connectivity index is 2.16. The first-order valence-corrected chi connectivity index (χ1v) is 8.20. The zero-order valence-electron chi connectivity index (χ0n) is 12.6. The van der Waals surface area contributed by atoms with Gasteiger partial charge >= 0.3 is 0 Å². The first-order chi connectivity index (χ1) is 10.5. The van der Waals surface area contributed by atoms with Gasteiger partial charge in [0.2, 0.25) is 5.91 Å². The van der Waals surface area contributed by atoms with Gasteiger partial charge < -0.3 is 15.8 Å². The molecule has 0 bridgehead atoms. The Labute approximate surface area is 139 Å². The summed E-state index contributed by atoms with van der Waals surface area (Å²) in [5, 5.41) is 3.32. The molecule has 1 aromatic carbocycles. The number of anilines is 1. The molecule has 118 valence electrons. The summed E-state index contributed by atoms with van der Waals surface area (Å²) in [5.74, 6) is -0.00491. The van der Waals surface area contributed by atoms with Crippen molar-refractivity contribution in [3.8, 4) is 5.75 Å². The minimum Gasteiger partial charge on any atom is -0.496 e. The van der Waals surface area contributed by atoms with Crippen LogP contribution in [0.15, 0.2) is 30.3 Å². The molecule has 1 aromatic heterocycles. The molecule has 1 amide bonds. The molecule has 0 radical (unpaired) electrons. The molecule has 22 heavy (non-hydrogen) atoms. The second kappa shape index (κ2) is 7.51. The van der Waals surface area contributed by atoms with Crippen LogP contribution in [0.25, 0.3) is 0 Å². The monoisotopic (exact) mass is 338 g/mol. The zero-order valence-corrected chi connectivity index (χ0v) is 14.1. The van der Waals surface area contributed by atoms with Gasteiger partial charge in [-0.2, -0.15) is 0 Å². The summed E-state index contributed by atoms with van der Waals surface area (Å²) in [4.78, 5) is 12.7. The Kier molecular flexibility index (Phi) is 5.69. The summed E-state index contributed by atoms with van der Waals surface area (Å²) in [5.41, 5.74) is 7.20. The summed E-state index contributed by atoms with van der Waals surface area (Å²) in [7, 11) is 1.59. The Morgan fingerprint density at radius 3 is 2.73 bits per heavy atom. The highest BCUT2D eigenvalue weighted by molar-refractivity contribution is 7.16. The minimum absolute atomic E-state index is 0.333. The number of halogens is 1. The molecule has 2 aromatic rings. The lowest BCUT2D eigenvalue weighted by Crippen LogP contribution is -2.21. The molecule has 0 saturated heterocycles. The number of ether oxygens (including phenoxy) is 1. The molecule has 0 fully saturated rings. The maximum absolute atomic E-state index is 11.5. The molecule has 1 heterocycles. The summed E-state index contributed by atoms with van der Waals surface area (Å²) >= 11 is 7.46. The van der Waals surface area contributed by atoms with Crippen LogP contribution in [0.4, 0.5) is 5.69 Å². The number of nitrogens with one attached hydrogen (secondary N) is 1. The number of thiophene rings is 1. The average Bonchev–Trinajstić information content (AvgIpc) is 2.92. The normalized spacial score (nSPS) is 12.0. The number of amides is 1. The first-order valence-electron chi connectivity index (χ1n) is 7.00. The molecule has 0 saturated carbocycles. The number of rotatable bonds is 7. The second-order valence-electron chi connectivity index (χ2n) is 4.88. The van der Waals surface area contributed by atoms with Crippen LogP contribution in [0.1, 0.15) is 29.7 Å². The van der Waals surface area contributed by atoms with Crippen LogP contribution >= 0.6 is 22.9 Å². The van der Waals surface area contributed by atoms with Crippen molar-refractivity contribution >= 4 is 34.5 Å². The fraction of sp³-hybridized carbons (Fsp3) is 0.312. The molecule has 0 aliphatic heterocycles. The second-order valence-corrected chi connectivity index (χ2v) is 6.68. The third kappa shape index (κ3) is 3.93. The van der Waals surface area contributed by atoms with E-state index in [-0.39, 0.29) is 11.8 Å². The third-order valence-corrected chi connectivity index (χ3v) is 4.69. The Morgan fingerprint density at radius 1 is 1.41 bits per heavy atom. The number of carbonyl (C=O) groups is 1. The van der Waals surface area contributed by atoms with E-state index in [2.05, 4.69) is 5.32 Å². The third-order valence-electron chi connectivity index (χ3n) is 3.46. The molecule has 0 aliphatic rings. The van der Waals surface area contributed by atoms with Crippen LogP contribution in [0.3, 0.4) is 0 Å². The van der Waals surface area contributed by atoms with Gasteiger partial charge in [0.15, 0.2) is 0 Å². The van der Waals surface area contributed by atoms with Gasteiger partial charge in [-0.1, -0.05) is 24.6 Å². The van der Waals surface area contributed by atoms with Crippen LogP contribution in [0.5, 0.6) is 5.75 Å². The summed E-state index contributed by atoms with van der Waals surface area (Å²) < 4.78 is 6.18. The lowest BCUT2D eigenvalue weighted by Gasteiger charge is -2.17. The molecular weight excluding hydrogens is 320 g/mol. The van der Waals surface area contributed by atoms with Crippen molar-refractivity contribution in [1.29, 1.82) is 0 Å². The van der Waals surface area contributed by atoms with E-state index >= 15 is 0 Å². The van der Waals surface area contributed by atoms with E-state index < -0.39 is 0 Å². The standard InChI is InChI=1S/C16H19ClN2O2S/c1-3-12(16(18)20)13-6-4-10(8-14(13)21-2)19-9-11-5-7-15(17)22-11/h4-8,12,19H,3,9H2,1-2H3,(H2,18,20). The lowest BCUT2D eigenvalue weighted by molar-refractivity contribution is -0.119. The molecule has 0 spiro atoms. The van der Waals surface area contributed by atoms with Gasteiger partial charge in [0.25, 0.3) is 0 Å². The van der Waals surface area contributed by atoms with Crippen molar-refractivity contribution in [2.45, 2.75) is 25.8 Å². The highest BCUT2D eigenvalue weighted by Gasteiger charge is 2.20. The molecular formula is C16H19ClN2O2S. The number of carbonyl (C=O) groups excluding carboxylic acids is 1. The summed E-state index contributed by atoms with van der Waals surface area (Å²) in [6.07, 6.45) is 0.645. The predicted octanol–water partition coefficient (Wildman–Crippen LogP) is 4.00. The van der Waals surface area contributed by atoms with Crippen molar-refractivity contribution < 1.29 is 9.53 Å². The van der Waals surface area contributed by atoms with E-state index in [0.717, 1.165) is 20.5 Å². The fourth-order valence-electron chi connectivity index (χ4n) is 2.32. The molecule has 6 heteroatoms. The largest absolute Gasteiger partial charge is 0.496 e. The molecule has 1 atom stereocenters. The molecule has 1 unspecified atom stereocenters. The van der Waals surface area contributed by atoms with Gasteiger partial charge in [0, 0.05) is 28.7 Å². The van der Waals surface area contributed by atoms with Crippen molar-refractivity contribution in [3.05, 3.63) is 45.1 Å². The minimum atomic E-state index is -0.338. The first kappa shape index (κ1) is 16.6. The van der Waals surface area contributed by atoms with Gasteiger partial charge in [-0.15, -0.1) is 11.3 Å². The predicted molar refractivity (Wildman–Crippen MR) is 91.9 cm³/mol. The van der Waals surface area contributed by atoms with Gasteiger partial charge in [0.1, 0.15) is 5.75 Å². The highest BCUT2D eigenvalue weighted by Crippen LogP contribution is 2.32. The van der Waals surface area contributed by atoms with Crippen molar-refractivity contribution in [3.63, 3.8) is 0 Å². The number of primary amides is 1. The number of methoxy groups -OCH3 is 1. The van der Waals surface area contributed by atoms with Crippen LogP contribution in [0, 0.1) is 0 Å². The van der Waals surface area contributed by atoms with Crippen molar-refractivity contribution in [2.75, 3.05) is 12.4 Å². The zero-order chi connectivity index (χ0) is 16.1. The SMILES string of the molecule is CCC(C(N)=O)c1ccc(NCc2ccc(Cl)s2)cc1OC. The van der Waals surface area contributed by atoms with Crippen LogP contribution in [-0.4, -0.2) is 13.0 Å². The smallest absolute Gasteiger partial charge is 0.225 e. The average molecular weight is 339 g/mol. The van der Waals surface area contributed by atoms with E-state index in [1.54, 1.807) is 18.4 Å². The number of hydrogen-bond donors (Lipinski definition) is 2. The number of benzene rings is 1. The Morgan fingerprint density at radius 2 is 2.18 bits per heavy atom. The van der Waals surface area contributed by atoms with Crippen molar-refractivity contribution in [1.82, 2.24) is 0 Å². The fourth-order valence-corrected chi connectivity index (χ4v) is 3.35. The number of nitrogens with two attached hydrogens (primary N) is 1. The molecule has 4 nitrogen and oxygen atoms in total. The maximum atomic E-state index is 11.5. The molecule has 2 rings (SSSR count). The lowest BCUT2D eigenvalue weighted by atomic mass is 9.94. The van der Waals surface area contributed by atoms with E-state index in [1.165, 1.54) is 0 Å². The quantitative estimate of drug-likeness (QED) is 0.802. The van der Waals surface area contributed by atoms with Gasteiger partial charge in [-0.25, -0.2) is 0 Å². The Bertz CT molecular complexity index is 657. The Hall–Kier alpha value is -1.72. The van der Waals surface area contributed by atoms with Gasteiger partial charge in [-0.3, -0.25) is 4.79 Å². The highest BCUT2D eigenvalue weighted by atomic mass is 35.5. The van der Waals surface area contributed by atoms with E-state index in [4.69, 9.17) is 22.1 Å². The maximum Gasteiger partial charge on any atom is 0.225 e. The summed E-state index contributed by atoms with van der Waals surface area (Å²) in [6, 6.07) is 9.58. The van der Waals surface area contributed by atoms with E-state index in [1.807, 2.05) is 37.3 Å². The van der Waals surface area contributed by atoms with Crippen LogP contribution < -0.4 is 15.8 Å². The van der Waals surface area contributed by atoms with E-state index in [0.29, 0.717) is 18.7 Å². The number of hydrogen-bond acceptors (Lipinski definition) is 4. The van der Waals surface area contributed by atoms with Crippen LogP contribution in [0.2, 0.25) is 4.34 Å². The van der Waals surface area contributed by atoms with Crippen molar-refractivity contribution in [2.24, 2.45) is 5.73 Å².